The molecule has 5 nitrogen and oxygen atoms in total. The summed E-state index contributed by atoms with van der Waals surface area (Å²) in [6.45, 7) is 0.499. The van der Waals surface area contributed by atoms with E-state index in [-0.39, 0.29) is 11.8 Å². The fourth-order valence-electron chi connectivity index (χ4n) is 2.39. The SMILES string of the molecule is O=C(NCCc1ccccn1)Nc1cccc2ccc(O)cc12. The van der Waals surface area contributed by atoms with Crippen LogP contribution in [0, 0.1) is 0 Å². The molecule has 0 fully saturated rings. The van der Waals surface area contributed by atoms with Crippen molar-refractivity contribution in [1.29, 1.82) is 0 Å². The summed E-state index contributed by atoms with van der Waals surface area (Å²) in [4.78, 5) is 16.2. The second kappa shape index (κ2) is 6.79. The van der Waals surface area contributed by atoms with Crippen LogP contribution in [0.1, 0.15) is 5.69 Å². The van der Waals surface area contributed by atoms with E-state index < -0.39 is 0 Å². The van der Waals surface area contributed by atoms with E-state index in [2.05, 4.69) is 15.6 Å². The molecule has 3 rings (SSSR count). The zero-order valence-electron chi connectivity index (χ0n) is 12.5. The molecule has 0 aliphatic rings. The molecular formula is C18H17N3O2. The zero-order chi connectivity index (χ0) is 16.1. The molecule has 1 heterocycles. The number of carbonyl (C=O) groups excluding carboxylic acids is 1. The van der Waals surface area contributed by atoms with E-state index in [0.29, 0.717) is 18.7 Å². The summed E-state index contributed by atoms with van der Waals surface area (Å²) in [7, 11) is 0. The maximum atomic E-state index is 12.0. The topological polar surface area (TPSA) is 74.2 Å². The Labute approximate surface area is 134 Å². The number of amides is 2. The highest BCUT2D eigenvalue weighted by atomic mass is 16.3. The number of hydrogen-bond donors (Lipinski definition) is 3. The third kappa shape index (κ3) is 3.77. The van der Waals surface area contributed by atoms with Crippen LogP contribution in [0.2, 0.25) is 0 Å². The molecule has 0 radical (unpaired) electrons. The average Bonchev–Trinajstić information content (AvgIpc) is 2.56. The number of rotatable bonds is 4. The molecule has 0 saturated heterocycles. The molecule has 5 heteroatoms. The van der Waals surface area contributed by atoms with Crippen molar-refractivity contribution in [2.75, 3.05) is 11.9 Å². The van der Waals surface area contributed by atoms with Crippen molar-refractivity contribution in [1.82, 2.24) is 10.3 Å². The molecule has 0 spiro atoms. The smallest absolute Gasteiger partial charge is 0.319 e. The van der Waals surface area contributed by atoms with E-state index in [1.165, 1.54) is 0 Å². The number of nitrogens with zero attached hydrogens (tertiary/aromatic N) is 1. The summed E-state index contributed by atoms with van der Waals surface area (Å²) in [6.07, 6.45) is 2.41. The normalized spacial score (nSPS) is 10.4. The van der Waals surface area contributed by atoms with Crippen LogP contribution < -0.4 is 10.6 Å². The minimum absolute atomic E-state index is 0.169. The van der Waals surface area contributed by atoms with Crippen molar-refractivity contribution in [2.45, 2.75) is 6.42 Å². The number of aromatic hydroxyl groups is 1. The maximum Gasteiger partial charge on any atom is 0.319 e. The van der Waals surface area contributed by atoms with Gasteiger partial charge in [0.05, 0.1) is 5.69 Å². The van der Waals surface area contributed by atoms with Gasteiger partial charge in [0.15, 0.2) is 0 Å². The van der Waals surface area contributed by atoms with E-state index in [0.717, 1.165) is 16.5 Å². The van der Waals surface area contributed by atoms with E-state index in [4.69, 9.17) is 0 Å². The summed E-state index contributed by atoms with van der Waals surface area (Å²) < 4.78 is 0. The first kappa shape index (κ1) is 14.8. The summed E-state index contributed by atoms with van der Waals surface area (Å²) in [5, 5.41) is 17.0. The van der Waals surface area contributed by atoms with Crippen LogP contribution in [0.15, 0.2) is 60.8 Å². The number of benzene rings is 2. The largest absolute Gasteiger partial charge is 0.508 e. The number of carbonyl (C=O) groups is 1. The molecule has 3 aromatic rings. The quantitative estimate of drug-likeness (QED) is 0.692. The first-order valence-corrected chi connectivity index (χ1v) is 7.39. The lowest BCUT2D eigenvalue weighted by Crippen LogP contribution is -2.30. The highest BCUT2D eigenvalue weighted by Crippen LogP contribution is 2.26. The Kier molecular flexibility index (Phi) is 4.38. The predicted octanol–water partition coefficient (Wildman–Crippen LogP) is 3.30. The van der Waals surface area contributed by atoms with Gasteiger partial charge in [0.2, 0.25) is 0 Å². The first-order valence-electron chi connectivity index (χ1n) is 7.39. The molecule has 0 saturated carbocycles. The predicted molar refractivity (Wildman–Crippen MR) is 90.6 cm³/mol. The third-order valence-corrected chi connectivity index (χ3v) is 3.51. The lowest BCUT2D eigenvalue weighted by atomic mass is 10.1. The molecule has 3 N–H and O–H groups in total. The fourth-order valence-corrected chi connectivity index (χ4v) is 2.39. The van der Waals surface area contributed by atoms with Gasteiger partial charge in [-0.1, -0.05) is 24.3 Å². The number of hydrogen-bond acceptors (Lipinski definition) is 3. The average molecular weight is 307 g/mol. The molecule has 0 aliphatic carbocycles. The van der Waals surface area contributed by atoms with Crippen molar-refractivity contribution in [3.05, 3.63) is 66.5 Å². The summed E-state index contributed by atoms with van der Waals surface area (Å²) >= 11 is 0. The number of fused-ring (bicyclic) bond motifs is 1. The number of aromatic nitrogens is 1. The number of nitrogens with one attached hydrogen (secondary N) is 2. The molecular weight excluding hydrogens is 290 g/mol. The third-order valence-electron chi connectivity index (χ3n) is 3.51. The van der Waals surface area contributed by atoms with Gasteiger partial charge >= 0.3 is 6.03 Å². The molecule has 0 atom stereocenters. The fraction of sp³-hybridized carbons (Fsp3) is 0.111. The van der Waals surface area contributed by atoms with Gasteiger partial charge in [-0.05, 0) is 35.7 Å². The van der Waals surface area contributed by atoms with Crippen molar-refractivity contribution < 1.29 is 9.90 Å². The summed E-state index contributed by atoms with van der Waals surface area (Å²) in [6, 6.07) is 16.1. The Balaban J connectivity index is 1.63. The van der Waals surface area contributed by atoms with Crippen LogP contribution >= 0.6 is 0 Å². The van der Waals surface area contributed by atoms with E-state index in [1.807, 2.05) is 36.4 Å². The Morgan fingerprint density at radius 1 is 1.09 bits per heavy atom. The van der Waals surface area contributed by atoms with Crippen LogP contribution in [0.5, 0.6) is 5.75 Å². The Morgan fingerprint density at radius 2 is 2.00 bits per heavy atom. The van der Waals surface area contributed by atoms with Gasteiger partial charge in [-0.3, -0.25) is 4.98 Å². The number of phenols is 1. The van der Waals surface area contributed by atoms with Crippen molar-refractivity contribution in [3.8, 4) is 5.75 Å². The van der Waals surface area contributed by atoms with Crippen LogP contribution in [0.25, 0.3) is 10.8 Å². The second-order valence-electron chi connectivity index (χ2n) is 5.16. The monoisotopic (exact) mass is 307 g/mol. The molecule has 2 amide bonds. The van der Waals surface area contributed by atoms with Gasteiger partial charge in [-0.15, -0.1) is 0 Å². The van der Waals surface area contributed by atoms with Gasteiger partial charge in [-0.2, -0.15) is 0 Å². The van der Waals surface area contributed by atoms with Crippen LogP contribution in [0.3, 0.4) is 0 Å². The minimum Gasteiger partial charge on any atom is -0.508 e. The van der Waals surface area contributed by atoms with E-state index in [1.54, 1.807) is 24.4 Å². The molecule has 23 heavy (non-hydrogen) atoms. The molecule has 0 unspecified atom stereocenters. The maximum absolute atomic E-state index is 12.0. The van der Waals surface area contributed by atoms with Gasteiger partial charge in [0.25, 0.3) is 0 Å². The van der Waals surface area contributed by atoms with Crippen molar-refractivity contribution in [3.63, 3.8) is 0 Å². The summed E-state index contributed by atoms with van der Waals surface area (Å²) in [5.41, 5.74) is 1.59. The van der Waals surface area contributed by atoms with Gasteiger partial charge in [0, 0.05) is 30.2 Å². The van der Waals surface area contributed by atoms with Gasteiger partial charge < -0.3 is 15.7 Å². The lowest BCUT2D eigenvalue weighted by Gasteiger charge is -2.10. The van der Waals surface area contributed by atoms with Crippen LogP contribution in [0.4, 0.5) is 10.5 Å². The van der Waals surface area contributed by atoms with Crippen molar-refractivity contribution >= 4 is 22.5 Å². The number of phenolic OH excluding ortho intramolecular Hbond substituents is 1. The Hall–Kier alpha value is -3.08. The molecule has 1 aromatic heterocycles. The Bertz CT molecular complexity index is 819. The molecule has 2 aromatic carbocycles. The van der Waals surface area contributed by atoms with E-state index >= 15 is 0 Å². The van der Waals surface area contributed by atoms with Gasteiger partial charge in [0.1, 0.15) is 5.75 Å². The lowest BCUT2D eigenvalue weighted by molar-refractivity contribution is 0.252. The highest BCUT2D eigenvalue weighted by molar-refractivity contribution is 6.02. The molecule has 116 valence electrons. The first-order chi connectivity index (χ1) is 11.2. The number of pyridine rings is 1. The molecule has 0 aliphatic heterocycles. The molecule has 0 bridgehead atoms. The minimum atomic E-state index is -0.281. The van der Waals surface area contributed by atoms with Crippen molar-refractivity contribution in [2.24, 2.45) is 0 Å². The highest BCUT2D eigenvalue weighted by Gasteiger charge is 2.06. The van der Waals surface area contributed by atoms with Crippen LogP contribution in [-0.2, 0) is 6.42 Å². The van der Waals surface area contributed by atoms with Crippen LogP contribution in [-0.4, -0.2) is 22.7 Å². The zero-order valence-corrected chi connectivity index (χ0v) is 12.5. The summed E-state index contributed by atoms with van der Waals surface area (Å²) in [5.74, 6) is 0.169. The van der Waals surface area contributed by atoms with Gasteiger partial charge in [-0.25, -0.2) is 4.79 Å². The standard InChI is InChI=1S/C18H17N3O2/c22-15-8-7-13-4-3-6-17(16(13)12-15)21-18(23)20-11-9-14-5-1-2-10-19-14/h1-8,10,12,22H,9,11H2,(H2,20,21,23). The number of urea groups is 1. The number of anilines is 1. The Morgan fingerprint density at radius 3 is 2.83 bits per heavy atom. The second-order valence-corrected chi connectivity index (χ2v) is 5.16. The van der Waals surface area contributed by atoms with E-state index in [9.17, 15) is 9.90 Å².